The molecule has 0 saturated heterocycles. The van der Waals surface area contributed by atoms with Crippen LogP contribution in [0.25, 0.3) is 0 Å². The molecule has 1 saturated carbocycles. The maximum absolute atomic E-state index is 5.15. The fraction of sp³-hybridized carbons (Fsp3) is 0.636. The second-order valence-electron chi connectivity index (χ2n) is 4.47. The highest BCUT2D eigenvalue weighted by atomic mass is 32.1. The highest BCUT2D eigenvalue weighted by Gasteiger charge is 2.24. The molecule has 2 aliphatic rings. The third-order valence-corrected chi connectivity index (χ3v) is 3.34. The van der Waals surface area contributed by atoms with Gasteiger partial charge in [-0.3, -0.25) is 0 Å². The molecule has 0 amide bonds. The Morgan fingerprint density at radius 1 is 1.27 bits per heavy atom. The molecular weight excluding hydrogens is 206 g/mol. The summed E-state index contributed by atoms with van der Waals surface area (Å²) in [6, 6.07) is 0.653. The molecule has 1 aromatic heterocycles. The Morgan fingerprint density at radius 3 is 2.87 bits per heavy atom. The molecule has 3 rings (SSSR count). The van der Waals surface area contributed by atoms with E-state index in [1.165, 1.54) is 36.9 Å². The van der Waals surface area contributed by atoms with E-state index in [4.69, 9.17) is 12.2 Å². The third-order valence-electron chi connectivity index (χ3n) is 3.14. The first-order chi connectivity index (χ1) is 7.33. The van der Waals surface area contributed by atoms with E-state index in [9.17, 15) is 0 Å². The van der Waals surface area contributed by atoms with Gasteiger partial charge in [-0.25, -0.2) is 4.98 Å². The van der Waals surface area contributed by atoms with Gasteiger partial charge in [0.05, 0.1) is 0 Å². The lowest BCUT2D eigenvalue weighted by molar-refractivity contribution is 0.661. The lowest BCUT2D eigenvalue weighted by Gasteiger charge is -2.18. The molecule has 80 valence electrons. The maximum atomic E-state index is 5.15. The third kappa shape index (κ3) is 1.91. The molecule has 3 nitrogen and oxygen atoms in total. The first-order valence-electron chi connectivity index (χ1n) is 5.71. The van der Waals surface area contributed by atoms with E-state index in [1.54, 1.807) is 0 Å². The second kappa shape index (κ2) is 3.59. The Morgan fingerprint density at radius 2 is 2.07 bits per heavy atom. The van der Waals surface area contributed by atoms with Crippen LogP contribution >= 0.6 is 12.2 Å². The standard InChI is InChI=1S/C11H15N3S/c15-11-13-9-4-2-1-3-8(9)10(14-11)12-7-5-6-7/h7H,1-6H2,(H2,12,13,14,15). The summed E-state index contributed by atoms with van der Waals surface area (Å²) in [6.45, 7) is 0. The van der Waals surface area contributed by atoms with Crippen LogP contribution < -0.4 is 5.32 Å². The summed E-state index contributed by atoms with van der Waals surface area (Å²) in [4.78, 5) is 7.64. The Labute approximate surface area is 94.3 Å². The molecule has 0 spiro atoms. The molecule has 0 unspecified atom stereocenters. The van der Waals surface area contributed by atoms with Gasteiger partial charge in [0.15, 0.2) is 4.77 Å². The summed E-state index contributed by atoms with van der Waals surface area (Å²) in [6.07, 6.45) is 7.37. The van der Waals surface area contributed by atoms with Crippen molar-refractivity contribution in [1.82, 2.24) is 9.97 Å². The average Bonchev–Trinajstić information content (AvgIpc) is 3.01. The largest absolute Gasteiger partial charge is 0.367 e. The molecule has 0 radical (unpaired) electrons. The van der Waals surface area contributed by atoms with Gasteiger partial charge < -0.3 is 10.3 Å². The second-order valence-corrected chi connectivity index (χ2v) is 4.86. The SMILES string of the molecule is S=c1nc(NC2CC2)c2c([nH]1)CCCC2. The van der Waals surface area contributed by atoms with Crippen LogP contribution in [0.2, 0.25) is 0 Å². The number of anilines is 1. The highest BCUT2D eigenvalue weighted by molar-refractivity contribution is 7.71. The monoisotopic (exact) mass is 221 g/mol. The summed E-state index contributed by atoms with van der Waals surface area (Å²) in [5, 5.41) is 3.49. The summed E-state index contributed by atoms with van der Waals surface area (Å²) in [5.41, 5.74) is 2.69. The van der Waals surface area contributed by atoms with Crippen molar-refractivity contribution in [2.45, 2.75) is 44.6 Å². The number of hydrogen-bond donors (Lipinski definition) is 2. The minimum absolute atomic E-state index is 0.624. The predicted octanol–water partition coefficient (Wildman–Crippen LogP) is 2.59. The molecule has 1 aromatic rings. The molecule has 1 fully saturated rings. The molecule has 0 atom stereocenters. The molecule has 4 heteroatoms. The van der Waals surface area contributed by atoms with Crippen LogP contribution in [0.3, 0.4) is 0 Å². The van der Waals surface area contributed by atoms with Crippen LogP contribution in [-0.4, -0.2) is 16.0 Å². The van der Waals surface area contributed by atoms with Gasteiger partial charge in [0.2, 0.25) is 0 Å². The number of hydrogen-bond acceptors (Lipinski definition) is 3. The Bertz CT molecular complexity index is 434. The van der Waals surface area contributed by atoms with E-state index in [0.29, 0.717) is 10.8 Å². The van der Waals surface area contributed by atoms with E-state index in [1.807, 2.05) is 0 Å². The fourth-order valence-electron chi connectivity index (χ4n) is 2.17. The minimum atomic E-state index is 0.624. The van der Waals surface area contributed by atoms with E-state index in [0.717, 1.165) is 18.7 Å². The van der Waals surface area contributed by atoms with Crippen molar-refractivity contribution in [1.29, 1.82) is 0 Å². The van der Waals surface area contributed by atoms with Crippen molar-refractivity contribution in [3.63, 3.8) is 0 Å². The zero-order valence-electron chi connectivity index (χ0n) is 8.68. The first kappa shape index (κ1) is 9.33. The van der Waals surface area contributed by atoms with Gasteiger partial charge in [-0.1, -0.05) is 0 Å². The van der Waals surface area contributed by atoms with Gasteiger partial charge in [-0.05, 0) is 50.7 Å². The van der Waals surface area contributed by atoms with Crippen LogP contribution in [0.5, 0.6) is 0 Å². The van der Waals surface area contributed by atoms with Gasteiger partial charge in [0.25, 0.3) is 0 Å². The summed E-state index contributed by atoms with van der Waals surface area (Å²) >= 11 is 5.15. The zero-order valence-corrected chi connectivity index (χ0v) is 9.49. The number of nitrogens with one attached hydrogen (secondary N) is 2. The van der Waals surface area contributed by atoms with Crippen molar-refractivity contribution >= 4 is 18.0 Å². The van der Waals surface area contributed by atoms with Crippen molar-refractivity contribution in [3.05, 3.63) is 16.0 Å². The summed E-state index contributed by atoms with van der Waals surface area (Å²) in [7, 11) is 0. The van der Waals surface area contributed by atoms with Crippen LogP contribution in [0, 0.1) is 4.77 Å². The van der Waals surface area contributed by atoms with Crippen LogP contribution in [0.15, 0.2) is 0 Å². The number of rotatable bonds is 2. The summed E-state index contributed by atoms with van der Waals surface area (Å²) in [5.74, 6) is 1.05. The van der Waals surface area contributed by atoms with Crippen molar-refractivity contribution in [2.24, 2.45) is 0 Å². The summed E-state index contributed by atoms with van der Waals surface area (Å²) < 4.78 is 0.624. The fourth-order valence-corrected chi connectivity index (χ4v) is 2.39. The predicted molar refractivity (Wildman–Crippen MR) is 62.7 cm³/mol. The topological polar surface area (TPSA) is 40.7 Å². The Hall–Kier alpha value is -0.900. The molecule has 15 heavy (non-hydrogen) atoms. The molecule has 0 aliphatic heterocycles. The first-order valence-corrected chi connectivity index (χ1v) is 6.12. The normalized spacial score (nSPS) is 19.7. The minimum Gasteiger partial charge on any atom is -0.367 e. The van der Waals surface area contributed by atoms with Gasteiger partial charge in [0.1, 0.15) is 5.82 Å². The molecule has 2 N–H and O–H groups in total. The van der Waals surface area contributed by atoms with E-state index >= 15 is 0 Å². The lowest BCUT2D eigenvalue weighted by atomic mass is 9.96. The van der Waals surface area contributed by atoms with Crippen LogP contribution in [0.1, 0.15) is 36.9 Å². The maximum Gasteiger partial charge on any atom is 0.198 e. The Balaban J connectivity index is 2.01. The average molecular weight is 221 g/mol. The lowest BCUT2D eigenvalue weighted by Crippen LogP contribution is -2.13. The van der Waals surface area contributed by atoms with E-state index in [2.05, 4.69) is 15.3 Å². The molecule has 1 heterocycles. The zero-order chi connectivity index (χ0) is 10.3. The van der Waals surface area contributed by atoms with Gasteiger partial charge in [-0.2, -0.15) is 0 Å². The van der Waals surface area contributed by atoms with Crippen LogP contribution in [0.4, 0.5) is 5.82 Å². The van der Waals surface area contributed by atoms with E-state index in [-0.39, 0.29) is 0 Å². The van der Waals surface area contributed by atoms with Gasteiger partial charge in [0, 0.05) is 17.3 Å². The van der Waals surface area contributed by atoms with Gasteiger partial charge >= 0.3 is 0 Å². The number of fused-ring (bicyclic) bond motifs is 1. The Kier molecular flexibility index (Phi) is 2.24. The van der Waals surface area contributed by atoms with Crippen molar-refractivity contribution < 1.29 is 0 Å². The van der Waals surface area contributed by atoms with Gasteiger partial charge in [-0.15, -0.1) is 0 Å². The number of aryl methyl sites for hydroxylation is 1. The molecule has 0 bridgehead atoms. The number of aromatic amines is 1. The van der Waals surface area contributed by atoms with Crippen molar-refractivity contribution in [3.8, 4) is 0 Å². The quantitative estimate of drug-likeness (QED) is 0.754. The molecular formula is C11H15N3S. The highest BCUT2D eigenvalue weighted by Crippen LogP contribution is 2.29. The van der Waals surface area contributed by atoms with E-state index < -0.39 is 0 Å². The smallest absolute Gasteiger partial charge is 0.198 e. The van der Waals surface area contributed by atoms with Crippen LogP contribution in [-0.2, 0) is 12.8 Å². The molecule has 2 aliphatic carbocycles. The van der Waals surface area contributed by atoms with Crippen molar-refractivity contribution in [2.75, 3.05) is 5.32 Å². The molecule has 0 aromatic carbocycles. The number of aromatic nitrogens is 2. The number of nitrogens with zero attached hydrogens (tertiary/aromatic N) is 1. The number of H-pyrrole nitrogens is 1.